The minimum atomic E-state index is 0.717. The van der Waals surface area contributed by atoms with E-state index < -0.39 is 0 Å². The molecule has 1 fully saturated rings. The summed E-state index contributed by atoms with van der Waals surface area (Å²) in [6, 6.07) is 4.47. The van der Waals surface area contributed by atoms with Gasteiger partial charge in [0.25, 0.3) is 0 Å². The Morgan fingerprint density at radius 1 is 1.39 bits per heavy atom. The van der Waals surface area contributed by atoms with E-state index in [1.807, 2.05) is 6.20 Å². The van der Waals surface area contributed by atoms with Gasteiger partial charge in [0.1, 0.15) is 0 Å². The minimum Gasteiger partial charge on any atom is -0.361 e. The van der Waals surface area contributed by atoms with Crippen molar-refractivity contribution in [2.24, 2.45) is 5.92 Å². The molecular formula is C21H24N2. The lowest BCUT2D eigenvalue weighted by atomic mass is 9.96. The van der Waals surface area contributed by atoms with Gasteiger partial charge in [0.05, 0.1) is 0 Å². The van der Waals surface area contributed by atoms with Gasteiger partial charge in [-0.05, 0) is 54.9 Å². The Kier molecular flexibility index (Phi) is 3.75. The van der Waals surface area contributed by atoms with Crippen molar-refractivity contribution < 1.29 is 0 Å². The molecule has 0 saturated heterocycles. The van der Waals surface area contributed by atoms with E-state index in [-0.39, 0.29) is 0 Å². The van der Waals surface area contributed by atoms with Crippen LogP contribution >= 0.6 is 0 Å². The number of aromatic amines is 1. The zero-order valence-electron chi connectivity index (χ0n) is 13.9. The third-order valence-electron chi connectivity index (χ3n) is 5.35. The van der Waals surface area contributed by atoms with E-state index in [0.717, 1.165) is 19.0 Å². The molecule has 0 bridgehead atoms. The number of H-pyrrole nitrogens is 1. The molecule has 0 unspecified atom stereocenters. The zero-order valence-corrected chi connectivity index (χ0v) is 13.9. The van der Waals surface area contributed by atoms with Gasteiger partial charge in [-0.3, -0.25) is 4.90 Å². The van der Waals surface area contributed by atoms with Gasteiger partial charge < -0.3 is 4.98 Å². The highest BCUT2D eigenvalue weighted by Gasteiger charge is 2.27. The summed E-state index contributed by atoms with van der Waals surface area (Å²) in [4.78, 5) is 5.94. The zero-order chi connectivity index (χ0) is 15.8. The third-order valence-corrected chi connectivity index (χ3v) is 5.35. The molecule has 1 saturated carbocycles. The maximum atomic E-state index is 5.61. The molecule has 2 heteroatoms. The first kappa shape index (κ1) is 14.6. The number of nitrogens with zero attached hydrogens (tertiary/aromatic N) is 1. The summed E-state index contributed by atoms with van der Waals surface area (Å²) >= 11 is 0. The Morgan fingerprint density at radius 3 is 2.96 bits per heavy atom. The van der Waals surface area contributed by atoms with Crippen molar-refractivity contribution in [1.82, 2.24) is 9.88 Å². The second-order valence-corrected chi connectivity index (χ2v) is 7.02. The molecule has 0 atom stereocenters. The normalized spacial score (nSPS) is 18.9. The Morgan fingerprint density at radius 2 is 2.26 bits per heavy atom. The highest BCUT2D eigenvalue weighted by molar-refractivity contribution is 5.87. The molecule has 1 aromatic heterocycles. The molecule has 4 rings (SSSR count). The summed E-state index contributed by atoms with van der Waals surface area (Å²) in [5.74, 6) is 3.76. The molecule has 1 aromatic carbocycles. The quantitative estimate of drug-likeness (QED) is 0.663. The van der Waals surface area contributed by atoms with Crippen molar-refractivity contribution in [1.29, 1.82) is 0 Å². The molecule has 1 aliphatic heterocycles. The average molecular weight is 304 g/mol. The van der Waals surface area contributed by atoms with Gasteiger partial charge in [0.2, 0.25) is 0 Å². The standard InChI is InChI=1S/C21H24N2/c1-3-4-18-13-15(2)21-19(7-10-22-21)20(18)14-23-11-8-17(9-12-23)16-5-6-16/h1,7-8,10,13,16,22H,4-6,9,11-12,14H2,2H3. The molecule has 2 aliphatic rings. The number of benzene rings is 1. The fraction of sp³-hybridized carbons (Fsp3) is 0.429. The summed E-state index contributed by atoms with van der Waals surface area (Å²) in [7, 11) is 0. The van der Waals surface area contributed by atoms with Crippen LogP contribution in [0.1, 0.15) is 36.0 Å². The highest BCUT2D eigenvalue weighted by atomic mass is 15.1. The van der Waals surface area contributed by atoms with Gasteiger partial charge in [0.15, 0.2) is 0 Å². The number of terminal acetylenes is 1. The number of fused-ring (bicyclic) bond motifs is 1. The first-order valence-corrected chi connectivity index (χ1v) is 8.69. The van der Waals surface area contributed by atoms with E-state index in [9.17, 15) is 0 Å². The van der Waals surface area contributed by atoms with Crippen LogP contribution in [0.5, 0.6) is 0 Å². The van der Waals surface area contributed by atoms with Gasteiger partial charge in [-0.25, -0.2) is 0 Å². The number of nitrogens with one attached hydrogen (secondary N) is 1. The van der Waals surface area contributed by atoms with Crippen LogP contribution in [0.25, 0.3) is 10.9 Å². The van der Waals surface area contributed by atoms with E-state index in [4.69, 9.17) is 6.42 Å². The molecule has 0 radical (unpaired) electrons. The van der Waals surface area contributed by atoms with Crippen LogP contribution in [-0.2, 0) is 13.0 Å². The summed E-state index contributed by atoms with van der Waals surface area (Å²) in [6.07, 6.45) is 14.9. The Hall–Kier alpha value is -1.98. The topological polar surface area (TPSA) is 19.0 Å². The van der Waals surface area contributed by atoms with Gasteiger partial charge in [0, 0.05) is 43.2 Å². The smallest absolute Gasteiger partial charge is 0.0487 e. The maximum Gasteiger partial charge on any atom is 0.0487 e. The van der Waals surface area contributed by atoms with Crippen molar-refractivity contribution >= 4 is 10.9 Å². The minimum absolute atomic E-state index is 0.717. The van der Waals surface area contributed by atoms with Crippen LogP contribution < -0.4 is 0 Å². The van der Waals surface area contributed by atoms with E-state index >= 15 is 0 Å². The van der Waals surface area contributed by atoms with Crippen molar-refractivity contribution in [3.8, 4) is 12.3 Å². The maximum absolute atomic E-state index is 5.61. The number of aryl methyl sites for hydroxylation is 1. The van der Waals surface area contributed by atoms with Gasteiger partial charge in [-0.1, -0.05) is 17.7 Å². The molecule has 1 N–H and O–H groups in total. The van der Waals surface area contributed by atoms with Crippen molar-refractivity contribution in [2.45, 2.75) is 39.2 Å². The highest BCUT2D eigenvalue weighted by Crippen LogP contribution is 2.39. The van der Waals surface area contributed by atoms with Crippen LogP contribution in [0.15, 0.2) is 30.0 Å². The lowest BCUT2D eigenvalue weighted by Gasteiger charge is -2.27. The van der Waals surface area contributed by atoms with Crippen LogP contribution in [0, 0.1) is 25.2 Å². The van der Waals surface area contributed by atoms with Crippen LogP contribution in [0.2, 0.25) is 0 Å². The van der Waals surface area contributed by atoms with E-state index in [0.29, 0.717) is 6.42 Å². The summed E-state index contributed by atoms with van der Waals surface area (Å²) < 4.78 is 0. The van der Waals surface area contributed by atoms with Crippen molar-refractivity contribution in [3.05, 3.63) is 46.7 Å². The van der Waals surface area contributed by atoms with Gasteiger partial charge >= 0.3 is 0 Å². The van der Waals surface area contributed by atoms with Crippen LogP contribution in [-0.4, -0.2) is 23.0 Å². The molecule has 23 heavy (non-hydrogen) atoms. The SMILES string of the molecule is C#CCc1cc(C)c2[nH]ccc2c1CN1CC=C(C2CC2)CC1. The van der Waals surface area contributed by atoms with E-state index in [1.165, 1.54) is 53.4 Å². The molecule has 1 aliphatic carbocycles. The Balaban J connectivity index is 1.63. The summed E-state index contributed by atoms with van der Waals surface area (Å²) in [5, 5.41) is 1.34. The molecule has 0 spiro atoms. The van der Waals surface area contributed by atoms with Crippen molar-refractivity contribution in [2.75, 3.05) is 13.1 Å². The third kappa shape index (κ3) is 2.82. The lowest BCUT2D eigenvalue weighted by molar-refractivity contribution is 0.283. The monoisotopic (exact) mass is 304 g/mol. The first-order valence-electron chi connectivity index (χ1n) is 8.69. The van der Waals surface area contributed by atoms with Crippen LogP contribution in [0.3, 0.4) is 0 Å². The van der Waals surface area contributed by atoms with Gasteiger partial charge in [-0.15, -0.1) is 12.3 Å². The average Bonchev–Trinajstić information content (AvgIpc) is 3.28. The number of hydrogen-bond acceptors (Lipinski definition) is 1. The van der Waals surface area contributed by atoms with Crippen LogP contribution in [0.4, 0.5) is 0 Å². The molecule has 2 heterocycles. The molecular weight excluding hydrogens is 280 g/mol. The fourth-order valence-electron chi connectivity index (χ4n) is 3.91. The second kappa shape index (κ2) is 5.91. The number of hydrogen-bond donors (Lipinski definition) is 1. The molecule has 2 nitrogen and oxygen atoms in total. The summed E-state index contributed by atoms with van der Waals surface area (Å²) in [5.41, 5.74) is 6.98. The number of rotatable bonds is 4. The predicted molar refractivity (Wildman–Crippen MR) is 96.3 cm³/mol. The second-order valence-electron chi connectivity index (χ2n) is 7.02. The van der Waals surface area contributed by atoms with E-state index in [1.54, 1.807) is 5.57 Å². The molecule has 2 aromatic rings. The van der Waals surface area contributed by atoms with Crippen molar-refractivity contribution in [3.63, 3.8) is 0 Å². The van der Waals surface area contributed by atoms with Gasteiger partial charge in [-0.2, -0.15) is 0 Å². The largest absolute Gasteiger partial charge is 0.361 e. The molecule has 118 valence electrons. The Bertz CT molecular complexity index is 799. The fourth-order valence-corrected chi connectivity index (χ4v) is 3.91. The molecule has 0 amide bonds. The predicted octanol–water partition coefficient (Wildman–Crippen LogP) is 4.19. The number of aromatic nitrogens is 1. The lowest BCUT2D eigenvalue weighted by Crippen LogP contribution is -2.29. The van der Waals surface area contributed by atoms with E-state index in [2.05, 4.69) is 40.9 Å². The summed E-state index contributed by atoms with van der Waals surface area (Å²) in [6.45, 7) is 5.42. The Labute approximate surface area is 138 Å². The first-order chi connectivity index (χ1) is 11.3.